The minimum Gasteiger partial charge on any atom is -0.310 e. The number of benzene rings is 1. The van der Waals surface area contributed by atoms with E-state index in [2.05, 4.69) is 73.5 Å². The van der Waals surface area contributed by atoms with Gasteiger partial charge in [-0.3, -0.25) is 0 Å². The molecule has 1 nitrogen and oxygen atoms in total. The average molecular weight is 259 g/mol. The largest absolute Gasteiger partial charge is 0.310 e. The molecule has 0 aromatic heterocycles. The molecule has 1 aromatic carbocycles. The van der Waals surface area contributed by atoms with Gasteiger partial charge in [-0.25, -0.2) is 0 Å². The summed E-state index contributed by atoms with van der Waals surface area (Å²) >= 11 is 0. The monoisotopic (exact) mass is 259 g/mol. The third-order valence-electron chi connectivity index (χ3n) is 3.45. The van der Waals surface area contributed by atoms with Crippen LogP contribution >= 0.6 is 7.92 Å². The number of nitrogens with one attached hydrogen (secondary N) is 1. The maximum Gasteiger partial charge on any atom is 0.0291 e. The normalized spacial score (nSPS) is 18.1. The van der Waals surface area contributed by atoms with Gasteiger partial charge >= 0.3 is 0 Å². The molecule has 2 rings (SSSR count). The van der Waals surface area contributed by atoms with Crippen molar-refractivity contribution >= 4 is 7.92 Å². The van der Waals surface area contributed by atoms with Crippen molar-refractivity contribution in [3.8, 4) is 0 Å². The maximum atomic E-state index is 3.62. The van der Waals surface area contributed by atoms with Gasteiger partial charge in [0.25, 0.3) is 0 Å². The summed E-state index contributed by atoms with van der Waals surface area (Å²) in [4.78, 5) is 0. The molecule has 0 saturated carbocycles. The van der Waals surface area contributed by atoms with Crippen LogP contribution in [0, 0.1) is 0 Å². The van der Waals surface area contributed by atoms with Crippen molar-refractivity contribution in [2.75, 3.05) is 19.4 Å². The Morgan fingerprint density at radius 1 is 1.17 bits per heavy atom. The molecule has 0 heterocycles. The van der Waals surface area contributed by atoms with E-state index < -0.39 is 0 Å². The molecule has 2 atom stereocenters. The topological polar surface area (TPSA) is 12.0 Å². The van der Waals surface area contributed by atoms with Crippen molar-refractivity contribution in [1.29, 1.82) is 0 Å². The first-order chi connectivity index (χ1) is 8.77. The van der Waals surface area contributed by atoms with Gasteiger partial charge in [-0.2, -0.15) is 0 Å². The van der Waals surface area contributed by atoms with Crippen LogP contribution in [0.2, 0.25) is 0 Å². The molecule has 0 spiro atoms. The van der Waals surface area contributed by atoms with Gasteiger partial charge in [0.2, 0.25) is 0 Å². The predicted octanol–water partition coefficient (Wildman–Crippen LogP) is 3.94. The van der Waals surface area contributed by atoms with Gasteiger partial charge in [-0.05, 0) is 31.9 Å². The first-order valence-corrected chi connectivity index (χ1v) is 8.65. The van der Waals surface area contributed by atoms with E-state index in [0.717, 1.165) is 6.54 Å². The molecule has 1 unspecified atom stereocenters. The van der Waals surface area contributed by atoms with E-state index >= 15 is 0 Å². The van der Waals surface area contributed by atoms with E-state index in [1.807, 2.05) is 0 Å². The van der Waals surface area contributed by atoms with Crippen LogP contribution in [0.15, 0.2) is 54.6 Å². The van der Waals surface area contributed by atoms with Crippen LogP contribution in [0.1, 0.15) is 18.5 Å². The highest BCUT2D eigenvalue weighted by Gasteiger charge is 2.12. The summed E-state index contributed by atoms with van der Waals surface area (Å²) in [6.45, 7) is 5.74. The van der Waals surface area contributed by atoms with Gasteiger partial charge in [0, 0.05) is 11.7 Å². The summed E-state index contributed by atoms with van der Waals surface area (Å²) in [5, 5.41) is 3.62. The first-order valence-electron chi connectivity index (χ1n) is 6.61. The van der Waals surface area contributed by atoms with Gasteiger partial charge in [0.05, 0.1) is 0 Å². The minimum atomic E-state index is 0.0826. The molecule has 1 aliphatic carbocycles. The minimum absolute atomic E-state index is 0.0826. The maximum absolute atomic E-state index is 3.62. The summed E-state index contributed by atoms with van der Waals surface area (Å²) in [5.41, 5.74) is 2.08. The van der Waals surface area contributed by atoms with Gasteiger partial charge in [0.15, 0.2) is 0 Å². The van der Waals surface area contributed by atoms with Gasteiger partial charge < -0.3 is 5.32 Å². The standard InChI is InChI=1S/C16H22NP/c1-14(15-8-4-3-5-9-15)17-12-13-18(2)16-10-6-7-11-16/h3-11,14,16-17H,12-13H2,1-2H3/t14-,18?/m0/s1. The summed E-state index contributed by atoms with van der Waals surface area (Å²) < 4.78 is 0. The van der Waals surface area contributed by atoms with Crippen molar-refractivity contribution in [3.63, 3.8) is 0 Å². The van der Waals surface area contributed by atoms with Gasteiger partial charge in [-0.15, -0.1) is 0 Å². The van der Waals surface area contributed by atoms with E-state index in [1.54, 1.807) is 0 Å². The molecule has 0 amide bonds. The predicted molar refractivity (Wildman–Crippen MR) is 82.6 cm³/mol. The van der Waals surface area contributed by atoms with Gasteiger partial charge in [-0.1, -0.05) is 62.6 Å². The molecule has 0 saturated heterocycles. The summed E-state index contributed by atoms with van der Waals surface area (Å²) in [6.07, 6.45) is 10.3. The van der Waals surface area contributed by atoms with Crippen LogP contribution < -0.4 is 5.32 Å². The second kappa shape index (κ2) is 6.87. The zero-order valence-corrected chi connectivity index (χ0v) is 12.1. The van der Waals surface area contributed by atoms with E-state index in [4.69, 9.17) is 0 Å². The lowest BCUT2D eigenvalue weighted by molar-refractivity contribution is 0.600. The molecule has 0 radical (unpaired) electrons. The number of hydrogen-bond donors (Lipinski definition) is 1. The molecule has 0 fully saturated rings. The van der Waals surface area contributed by atoms with Crippen molar-refractivity contribution < 1.29 is 0 Å². The second-order valence-corrected chi connectivity index (χ2v) is 7.38. The molecule has 96 valence electrons. The van der Waals surface area contributed by atoms with E-state index in [9.17, 15) is 0 Å². The lowest BCUT2D eigenvalue weighted by Crippen LogP contribution is -2.22. The van der Waals surface area contributed by atoms with E-state index in [0.29, 0.717) is 11.7 Å². The highest BCUT2D eigenvalue weighted by molar-refractivity contribution is 7.58. The zero-order chi connectivity index (χ0) is 12.8. The Morgan fingerprint density at radius 3 is 2.50 bits per heavy atom. The third kappa shape index (κ3) is 3.80. The quantitative estimate of drug-likeness (QED) is 0.763. The second-order valence-electron chi connectivity index (χ2n) is 4.83. The third-order valence-corrected chi connectivity index (χ3v) is 5.74. The Bertz CT molecular complexity index is 398. The summed E-state index contributed by atoms with van der Waals surface area (Å²) in [7, 11) is 0.0826. The lowest BCUT2D eigenvalue weighted by Gasteiger charge is -2.19. The molecular formula is C16H22NP. The van der Waals surface area contributed by atoms with Crippen molar-refractivity contribution in [3.05, 3.63) is 60.2 Å². The Labute approximate surface area is 112 Å². The smallest absolute Gasteiger partial charge is 0.0291 e. The molecule has 1 N–H and O–H groups in total. The lowest BCUT2D eigenvalue weighted by atomic mass is 10.1. The Hall–Kier alpha value is -0.910. The molecule has 0 bridgehead atoms. The van der Waals surface area contributed by atoms with Crippen molar-refractivity contribution in [1.82, 2.24) is 5.32 Å². The molecule has 1 aromatic rings. The summed E-state index contributed by atoms with van der Waals surface area (Å²) in [5.74, 6) is 0. The fraction of sp³-hybridized carbons (Fsp3) is 0.375. The van der Waals surface area contributed by atoms with Gasteiger partial charge in [0.1, 0.15) is 0 Å². The van der Waals surface area contributed by atoms with Crippen molar-refractivity contribution in [2.24, 2.45) is 0 Å². The van der Waals surface area contributed by atoms with E-state index in [1.165, 1.54) is 11.7 Å². The van der Waals surface area contributed by atoms with Crippen LogP contribution in [0.25, 0.3) is 0 Å². The Balaban J connectivity index is 1.72. The zero-order valence-electron chi connectivity index (χ0n) is 11.2. The fourth-order valence-electron chi connectivity index (χ4n) is 2.18. The highest BCUT2D eigenvalue weighted by Crippen LogP contribution is 2.39. The van der Waals surface area contributed by atoms with Crippen LogP contribution in [0.4, 0.5) is 0 Å². The molecular weight excluding hydrogens is 237 g/mol. The van der Waals surface area contributed by atoms with Crippen LogP contribution in [-0.4, -0.2) is 25.0 Å². The number of hydrogen-bond acceptors (Lipinski definition) is 1. The highest BCUT2D eigenvalue weighted by atomic mass is 31.1. The van der Waals surface area contributed by atoms with Crippen LogP contribution in [0.3, 0.4) is 0 Å². The first kappa shape index (κ1) is 13.5. The number of allylic oxidation sites excluding steroid dienone is 4. The SMILES string of the molecule is C[C@H](NCCP(C)C1C=CC=C1)c1ccccc1. The summed E-state index contributed by atoms with van der Waals surface area (Å²) in [6, 6.07) is 11.1. The molecule has 0 aliphatic heterocycles. The number of rotatable bonds is 6. The molecule has 1 aliphatic rings. The Kier molecular flexibility index (Phi) is 5.16. The van der Waals surface area contributed by atoms with Crippen molar-refractivity contribution in [2.45, 2.75) is 18.6 Å². The average Bonchev–Trinajstić information content (AvgIpc) is 2.93. The van der Waals surface area contributed by atoms with Crippen LogP contribution in [-0.2, 0) is 0 Å². The van der Waals surface area contributed by atoms with Crippen LogP contribution in [0.5, 0.6) is 0 Å². The molecule has 2 heteroatoms. The fourth-order valence-corrected chi connectivity index (χ4v) is 3.75. The Morgan fingerprint density at radius 2 is 1.83 bits per heavy atom. The van der Waals surface area contributed by atoms with E-state index in [-0.39, 0.29) is 7.92 Å². The molecule has 18 heavy (non-hydrogen) atoms.